The quantitative estimate of drug-likeness (QED) is 0.640. The van der Waals surface area contributed by atoms with E-state index in [1.165, 1.54) is 12.7 Å². The van der Waals surface area contributed by atoms with Crippen LogP contribution in [0.5, 0.6) is 0 Å². The van der Waals surface area contributed by atoms with Crippen LogP contribution in [-0.2, 0) is 9.53 Å². The van der Waals surface area contributed by atoms with Crippen LogP contribution in [0.1, 0.15) is 24.9 Å². The predicted molar refractivity (Wildman–Crippen MR) is 79.0 cm³/mol. The van der Waals surface area contributed by atoms with E-state index in [1.54, 1.807) is 11.8 Å². The van der Waals surface area contributed by atoms with Crippen molar-refractivity contribution in [2.75, 3.05) is 19.9 Å². The summed E-state index contributed by atoms with van der Waals surface area (Å²) in [6, 6.07) is 6.58. The molecule has 0 aliphatic heterocycles. The van der Waals surface area contributed by atoms with E-state index in [9.17, 15) is 4.79 Å². The summed E-state index contributed by atoms with van der Waals surface area (Å²) in [5, 5.41) is 3.21. The number of carbonyl (C=O) groups excluding carboxylic acids is 1. The number of hydrogen-bond donors (Lipinski definition) is 1. The Labute approximate surface area is 121 Å². The van der Waals surface area contributed by atoms with Crippen molar-refractivity contribution in [3.05, 3.63) is 28.2 Å². The zero-order valence-corrected chi connectivity index (χ0v) is 13.2. The number of halogens is 1. The molecule has 5 heteroatoms. The van der Waals surface area contributed by atoms with Crippen LogP contribution >= 0.6 is 27.7 Å². The van der Waals surface area contributed by atoms with Gasteiger partial charge in [0.15, 0.2) is 0 Å². The van der Waals surface area contributed by atoms with Crippen LogP contribution in [0.15, 0.2) is 27.6 Å². The second-order valence-corrected chi connectivity index (χ2v) is 5.89. The fraction of sp³-hybridized carbons (Fsp3) is 0.462. The topological polar surface area (TPSA) is 38.3 Å². The van der Waals surface area contributed by atoms with E-state index in [0.29, 0.717) is 12.5 Å². The van der Waals surface area contributed by atoms with Crippen molar-refractivity contribution < 1.29 is 9.53 Å². The van der Waals surface area contributed by atoms with Crippen molar-refractivity contribution >= 4 is 33.7 Å². The predicted octanol–water partition coefficient (Wildman–Crippen LogP) is 3.38. The first-order chi connectivity index (χ1) is 8.58. The molecule has 0 aromatic heterocycles. The molecule has 0 saturated carbocycles. The lowest BCUT2D eigenvalue weighted by molar-refractivity contribution is -0.140. The Morgan fingerprint density at radius 3 is 2.83 bits per heavy atom. The van der Waals surface area contributed by atoms with E-state index in [2.05, 4.69) is 51.1 Å². The van der Waals surface area contributed by atoms with E-state index in [4.69, 9.17) is 0 Å². The SMILES string of the molecule is CNC(C)c1ccc(SCCC(=O)OC)cc1Br. The van der Waals surface area contributed by atoms with Crippen LogP contribution in [-0.4, -0.2) is 25.9 Å². The summed E-state index contributed by atoms with van der Waals surface area (Å²) >= 11 is 5.23. The van der Waals surface area contributed by atoms with Crippen LogP contribution < -0.4 is 5.32 Å². The maximum absolute atomic E-state index is 11.0. The Balaban J connectivity index is 2.59. The van der Waals surface area contributed by atoms with Gasteiger partial charge in [0.25, 0.3) is 0 Å². The second kappa shape index (κ2) is 7.81. The number of benzene rings is 1. The van der Waals surface area contributed by atoms with Gasteiger partial charge in [-0.3, -0.25) is 4.79 Å². The van der Waals surface area contributed by atoms with Gasteiger partial charge in [-0.2, -0.15) is 0 Å². The molecule has 0 aliphatic carbocycles. The smallest absolute Gasteiger partial charge is 0.306 e. The van der Waals surface area contributed by atoms with Gasteiger partial charge < -0.3 is 10.1 Å². The number of thioether (sulfide) groups is 1. The highest BCUT2D eigenvalue weighted by atomic mass is 79.9. The molecule has 0 bridgehead atoms. The number of rotatable bonds is 6. The molecule has 1 aromatic carbocycles. The minimum atomic E-state index is -0.165. The molecule has 1 unspecified atom stereocenters. The number of carbonyl (C=O) groups is 1. The summed E-state index contributed by atoms with van der Waals surface area (Å²) in [6.07, 6.45) is 0.438. The molecule has 1 rings (SSSR count). The highest BCUT2D eigenvalue weighted by molar-refractivity contribution is 9.10. The van der Waals surface area contributed by atoms with E-state index in [-0.39, 0.29) is 5.97 Å². The van der Waals surface area contributed by atoms with Gasteiger partial charge in [0.2, 0.25) is 0 Å². The summed E-state index contributed by atoms with van der Waals surface area (Å²) in [4.78, 5) is 12.1. The fourth-order valence-corrected chi connectivity index (χ4v) is 3.20. The molecule has 1 N–H and O–H groups in total. The number of hydrogen-bond acceptors (Lipinski definition) is 4. The average Bonchev–Trinajstić information content (AvgIpc) is 2.37. The molecule has 3 nitrogen and oxygen atoms in total. The zero-order chi connectivity index (χ0) is 13.5. The van der Waals surface area contributed by atoms with Crippen LogP contribution in [0.4, 0.5) is 0 Å². The normalized spacial score (nSPS) is 12.2. The summed E-state index contributed by atoms with van der Waals surface area (Å²) in [7, 11) is 3.35. The lowest BCUT2D eigenvalue weighted by Gasteiger charge is -2.13. The van der Waals surface area contributed by atoms with Crippen LogP contribution in [0.2, 0.25) is 0 Å². The Hall–Kier alpha value is -0.520. The standard InChI is InChI=1S/C13H18BrNO2S/c1-9(15-2)11-5-4-10(8-12(11)14)18-7-6-13(16)17-3/h4-5,8-9,15H,6-7H2,1-3H3. The van der Waals surface area contributed by atoms with Crippen LogP contribution in [0.25, 0.3) is 0 Å². The van der Waals surface area contributed by atoms with Crippen LogP contribution in [0.3, 0.4) is 0 Å². The Morgan fingerprint density at radius 2 is 2.28 bits per heavy atom. The average molecular weight is 332 g/mol. The molecule has 1 aromatic rings. The maximum atomic E-state index is 11.0. The van der Waals surface area contributed by atoms with Crippen molar-refractivity contribution in [3.63, 3.8) is 0 Å². The molecule has 1 atom stereocenters. The summed E-state index contributed by atoms with van der Waals surface area (Å²) < 4.78 is 5.70. The molecule has 0 amide bonds. The zero-order valence-electron chi connectivity index (χ0n) is 10.8. The summed E-state index contributed by atoms with van der Waals surface area (Å²) in [5.74, 6) is 0.571. The third-order valence-electron chi connectivity index (χ3n) is 2.67. The highest BCUT2D eigenvalue weighted by Gasteiger charge is 2.08. The van der Waals surface area contributed by atoms with Crippen molar-refractivity contribution in [1.29, 1.82) is 0 Å². The molecule has 0 radical (unpaired) electrons. The van der Waals surface area contributed by atoms with Gasteiger partial charge >= 0.3 is 5.97 Å². The number of methoxy groups -OCH3 is 1. The Morgan fingerprint density at radius 1 is 1.56 bits per heavy atom. The van der Waals surface area contributed by atoms with Crippen molar-refractivity contribution in [2.45, 2.75) is 24.3 Å². The first-order valence-corrected chi connectivity index (χ1v) is 7.52. The first kappa shape index (κ1) is 15.5. The first-order valence-electron chi connectivity index (χ1n) is 5.74. The minimum absolute atomic E-state index is 0.165. The Bertz CT molecular complexity index is 412. The van der Waals surface area contributed by atoms with Gasteiger partial charge in [-0.1, -0.05) is 22.0 Å². The highest BCUT2D eigenvalue weighted by Crippen LogP contribution is 2.29. The fourth-order valence-electron chi connectivity index (χ4n) is 1.46. The van der Waals surface area contributed by atoms with E-state index >= 15 is 0 Å². The number of nitrogens with one attached hydrogen (secondary N) is 1. The van der Waals surface area contributed by atoms with Crippen molar-refractivity contribution in [1.82, 2.24) is 5.32 Å². The van der Waals surface area contributed by atoms with Gasteiger partial charge in [-0.25, -0.2) is 0 Å². The second-order valence-electron chi connectivity index (χ2n) is 3.87. The van der Waals surface area contributed by atoms with Crippen molar-refractivity contribution in [2.24, 2.45) is 0 Å². The maximum Gasteiger partial charge on any atom is 0.306 e. The van der Waals surface area contributed by atoms with Gasteiger partial charge in [-0.05, 0) is 31.7 Å². The van der Waals surface area contributed by atoms with E-state index in [0.717, 1.165) is 15.1 Å². The monoisotopic (exact) mass is 331 g/mol. The lowest BCUT2D eigenvalue weighted by Crippen LogP contribution is -2.12. The molecule has 0 aliphatic rings. The lowest BCUT2D eigenvalue weighted by atomic mass is 10.1. The summed E-state index contributed by atoms with van der Waals surface area (Å²) in [5.41, 5.74) is 1.23. The van der Waals surface area contributed by atoms with Gasteiger partial charge in [0, 0.05) is 21.2 Å². The molecule has 100 valence electrons. The molecule has 0 heterocycles. The minimum Gasteiger partial charge on any atom is -0.469 e. The van der Waals surface area contributed by atoms with Gasteiger partial charge in [-0.15, -0.1) is 11.8 Å². The summed E-state index contributed by atoms with van der Waals surface area (Å²) in [6.45, 7) is 2.12. The third kappa shape index (κ3) is 4.63. The van der Waals surface area contributed by atoms with Crippen molar-refractivity contribution in [3.8, 4) is 0 Å². The molecule has 18 heavy (non-hydrogen) atoms. The molecular weight excluding hydrogens is 314 g/mol. The number of esters is 1. The van der Waals surface area contributed by atoms with Gasteiger partial charge in [0.05, 0.1) is 13.5 Å². The van der Waals surface area contributed by atoms with E-state index in [1.807, 2.05) is 7.05 Å². The van der Waals surface area contributed by atoms with E-state index < -0.39 is 0 Å². The number of ether oxygens (including phenoxy) is 1. The molecule has 0 spiro atoms. The molecular formula is C13H18BrNO2S. The molecule has 0 fully saturated rings. The van der Waals surface area contributed by atoms with Crippen LogP contribution in [0, 0.1) is 0 Å². The largest absolute Gasteiger partial charge is 0.469 e. The Kier molecular flexibility index (Phi) is 6.75. The third-order valence-corrected chi connectivity index (χ3v) is 4.36. The molecule has 0 saturated heterocycles. The van der Waals surface area contributed by atoms with Gasteiger partial charge in [0.1, 0.15) is 0 Å².